The lowest BCUT2D eigenvalue weighted by molar-refractivity contribution is -0.186. The zero-order chi connectivity index (χ0) is 31.6. The normalized spacial score (nSPS) is 23.5. The first-order valence-corrected chi connectivity index (χ1v) is 15.5. The summed E-state index contributed by atoms with van der Waals surface area (Å²) in [4.78, 5) is 46.9. The van der Waals surface area contributed by atoms with Crippen molar-refractivity contribution in [3.63, 3.8) is 0 Å². The maximum absolute atomic E-state index is 14.0. The lowest BCUT2D eigenvalue weighted by Gasteiger charge is -2.41. The van der Waals surface area contributed by atoms with Crippen LogP contribution in [0.25, 0.3) is 10.9 Å². The molecule has 0 bridgehead atoms. The summed E-state index contributed by atoms with van der Waals surface area (Å²) in [7, 11) is 0. The number of amides is 1. The Morgan fingerprint density at radius 2 is 1.71 bits per heavy atom. The number of carbonyl (C=O) groups is 3. The van der Waals surface area contributed by atoms with Crippen LogP contribution in [0, 0.1) is 5.92 Å². The van der Waals surface area contributed by atoms with E-state index >= 15 is 0 Å². The van der Waals surface area contributed by atoms with Crippen molar-refractivity contribution < 1.29 is 27.6 Å². The standard InChI is InChI=1S/C32H31F3N6O3S/c33-32(34,35)20-12-21(40-27-26(28(42)29(27)43)39-16-18-4-3-9-36-15-18)14-22(13-20)41-31(44)30-25(8-11-45-30)38-17-19-7-10-37-24-6-2-1-5-23(19)24/h1-11,15,20-22,26-27,38-40H,12-14,16-17H2,(H,41,44). The molecule has 3 heterocycles. The number of carbonyl (C=O) groups excluding carboxylic acids is 3. The van der Waals surface area contributed by atoms with Gasteiger partial charge in [0, 0.05) is 49.1 Å². The number of alkyl halides is 3. The lowest BCUT2D eigenvalue weighted by atomic mass is 9.78. The number of Topliss-reactive ketones (excluding diaryl/α,β-unsaturated/α-hetero) is 2. The highest BCUT2D eigenvalue weighted by Gasteiger charge is 2.51. The summed E-state index contributed by atoms with van der Waals surface area (Å²) < 4.78 is 42.0. The van der Waals surface area contributed by atoms with E-state index in [9.17, 15) is 27.6 Å². The fourth-order valence-electron chi connectivity index (χ4n) is 6.10. The maximum Gasteiger partial charge on any atom is 0.391 e. The molecule has 4 aromatic rings. The Kier molecular flexibility index (Phi) is 8.92. The molecule has 2 fully saturated rings. The minimum Gasteiger partial charge on any atom is -0.380 e. The fourth-order valence-corrected chi connectivity index (χ4v) is 6.87. The molecule has 4 N–H and O–H groups in total. The van der Waals surface area contributed by atoms with Crippen molar-refractivity contribution in [3.05, 3.63) is 88.5 Å². The Morgan fingerprint density at radius 3 is 2.51 bits per heavy atom. The molecule has 2 saturated carbocycles. The molecule has 2 aliphatic carbocycles. The van der Waals surface area contributed by atoms with Crippen LogP contribution in [-0.4, -0.2) is 57.8 Å². The molecule has 13 heteroatoms. The van der Waals surface area contributed by atoms with Gasteiger partial charge in [-0.2, -0.15) is 13.2 Å². The van der Waals surface area contributed by atoms with Crippen LogP contribution in [0.15, 0.2) is 72.5 Å². The number of nitrogens with zero attached hydrogens (tertiary/aromatic N) is 2. The zero-order valence-corrected chi connectivity index (χ0v) is 24.8. The Hall–Kier alpha value is -4.20. The second kappa shape index (κ2) is 13.0. The third-order valence-corrected chi connectivity index (χ3v) is 9.30. The molecular formula is C32H31F3N6O3S. The second-order valence-electron chi connectivity index (χ2n) is 11.4. The van der Waals surface area contributed by atoms with Crippen LogP contribution in [0.3, 0.4) is 0 Å². The summed E-state index contributed by atoms with van der Waals surface area (Å²) in [6.45, 7) is 0.703. The Morgan fingerprint density at radius 1 is 0.911 bits per heavy atom. The summed E-state index contributed by atoms with van der Waals surface area (Å²) in [6, 6.07) is 11.6. The fraction of sp³-hybridized carbons (Fsp3) is 0.344. The molecule has 3 aromatic heterocycles. The molecule has 0 saturated heterocycles. The number of hydrogen-bond donors (Lipinski definition) is 4. The number of aromatic nitrogens is 2. The van der Waals surface area contributed by atoms with Crippen LogP contribution in [0.1, 0.15) is 40.1 Å². The number of halogens is 3. The highest BCUT2D eigenvalue weighted by Crippen LogP contribution is 2.38. The largest absolute Gasteiger partial charge is 0.391 e. The summed E-state index contributed by atoms with van der Waals surface area (Å²) in [5, 5.41) is 14.9. The number of nitrogens with one attached hydrogen (secondary N) is 4. The first kappa shape index (κ1) is 30.8. The summed E-state index contributed by atoms with van der Waals surface area (Å²) in [5.74, 6) is -3.42. The first-order chi connectivity index (χ1) is 21.7. The number of fused-ring (bicyclic) bond motifs is 1. The third-order valence-electron chi connectivity index (χ3n) is 8.39. The number of benzene rings is 1. The molecule has 45 heavy (non-hydrogen) atoms. The quantitative estimate of drug-likeness (QED) is 0.189. The van der Waals surface area contributed by atoms with Gasteiger partial charge in [0.05, 0.1) is 29.2 Å². The molecule has 234 valence electrons. The average molecular weight is 637 g/mol. The number of thiophene rings is 1. The van der Waals surface area contributed by atoms with Gasteiger partial charge in [0.2, 0.25) is 11.6 Å². The van der Waals surface area contributed by atoms with E-state index < -0.39 is 53.7 Å². The first-order valence-electron chi connectivity index (χ1n) is 14.7. The molecule has 0 aliphatic heterocycles. The molecule has 0 radical (unpaired) electrons. The maximum atomic E-state index is 14.0. The van der Waals surface area contributed by atoms with Crippen LogP contribution >= 0.6 is 11.3 Å². The molecule has 5 atom stereocenters. The van der Waals surface area contributed by atoms with E-state index in [1.165, 1.54) is 11.3 Å². The highest BCUT2D eigenvalue weighted by atomic mass is 32.1. The number of rotatable bonds is 10. The molecule has 2 aliphatic rings. The Bertz CT molecular complexity index is 1690. The van der Waals surface area contributed by atoms with Crippen LogP contribution in [0.4, 0.5) is 18.9 Å². The van der Waals surface area contributed by atoms with E-state index in [0.29, 0.717) is 17.1 Å². The number of ketones is 2. The van der Waals surface area contributed by atoms with Crippen molar-refractivity contribution in [3.8, 4) is 0 Å². The summed E-state index contributed by atoms with van der Waals surface area (Å²) in [5.41, 5.74) is 3.22. The van der Waals surface area contributed by atoms with E-state index in [4.69, 9.17) is 0 Å². The van der Waals surface area contributed by atoms with E-state index in [1.54, 1.807) is 36.1 Å². The predicted octanol–water partition coefficient (Wildman–Crippen LogP) is 4.40. The van der Waals surface area contributed by atoms with Gasteiger partial charge in [-0.1, -0.05) is 24.3 Å². The summed E-state index contributed by atoms with van der Waals surface area (Å²) in [6.07, 6.45) is 0.128. The van der Waals surface area contributed by atoms with Crippen LogP contribution in [0.5, 0.6) is 0 Å². The van der Waals surface area contributed by atoms with E-state index in [1.807, 2.05) is 36.4 Å². The van der Waals surface area contributed by atoms with Gasteiger partial charge in [-0.05, 0) is 60.0 Å². The second-order valence-corrected chi connectivity index (χ2v) is 12.3. The highest BCUT2D eigenvalue weighted by molar-refractivity contribution is 7.12. The Balaban J connectivity index is 1.11. The molecular weight excluding hydrogens is 605 g/mol. The number of para-hydroxylation sites is 1. The Labute approximate surface area is 261 Å². The molecule has 0 spiro atoms. The van der Waals surface area contributed by atoms with Gasteiger partial charge in [0.15, 0.2) is 0 Å². The molecule has 9 nitrogen and oxygen atoms in total. The number of hydrogen-bond acceptors (Lipinski definition) is 9. The average Bonchev–Trinajstić information content (AvgIpc) is 3.52. The lowest BCUT2D eigenvalue weighted by Crippen LogP contribution is -2.71. The molecule has 5 unspecified atom stereocenters. The van der Waals surface area contributed by atoms with Crippen molar-refractivity contribution in [1.82, 2.24) is 25.9 Å². The van der Waals surface area contributed by atoms with Crippen LogP contribution < -0.4 is 21.3 Å². The molecule has 1 amide bonds. The van der Waals surface area contributed by atoms with Gasteiger partial charge in [-0.25, -0.2) is 0 Å². The minimum atomic E-state index is -4.48. The molecule has 6 rings (SSSR count). The van der Waals surface area contributed by atoms with E-state index in [0.717, 1.165) is 22.0 Å². The topological polar surface area (TPSA) is 125 Å². The monoisotopic (exact) mass is 636 g/mol. The minimum absolute atomic E-state index is 0.183. The summed E-state index contributed by atoms with van der Waals surface area (Å²) >= 11 is 1.20. The van der Waals surface area contributed by atoms with Crippen molar-refractivity contribution in [1.29, 1.82) is 0 Å². The van der Waals surface area contributed by atoms with E-state index in [-0.39, 0.29) is 25.8 Å². The van der Waals surface area contributed by atoms with E-state index in [2.05, 4.69) is 31.2 Å². The molecule has 1 aromatic carbocycles. The number of anilines is 1. The van der Waals surface area contributed by atoms with Gasteiger partial charge in [0.25, 0.3) is 5.91 Å². The van der Waals surface area contributed by atoms with Crippen LogP contribution in [-0.2, 0) is 22.7 Å². The van der Waals surface area contributed by atoms with Gasteiger partial charge < -0.3 is 21.3 Å². The van der Waals surface area contributed by atoms with Gasteiger partial charge in [-0.3, -0.25) is 24.4 Å². The van der Waals surface area contributed by atoms with Crippen molar-refractivity contribution >= 4 is 45.4 Å². The zero-order valence-electron chi connectivity index (χ0n) is 24.0. The SMILES string of the molecule is O=C(NC1CC(NC2C(=O)C(=O)C2NCc2cccnc2)CC(C(F)(F)F)C1)c1sccc1NCc1ccnc2ccccc12. The third kappa shape index (κ3) is 6.90. The van der Waals surface area contributed by atoms with Crippen molar-refractivity contribution in [2.45, 2.75) is 62.7 Å². The van der Waals surface area contributed by atoms with Gasteiger partial charge >= 0.3 is 6.18 Å². The van der Waals surface area contributed by atoms with Crippen LogP contribution in [0.2, 0.25) is 0 Å². The predicted molar refractivity (Wildman–Crippen MR) is 164 cm³/mol. The van der Waals surface area contributed by atoms with Crippen molar-refractivity contribution in [2.24, 2.45) is 5.92 Å². The smallest absolute Gasteiger partial charge is 0.380 e. The van der Waals surface area contributed by atoms with Crippen molar-refractivity contribution in [2.75, 3.05) is 5.32 Å². The number of pyridine rings is 2. The van der Waals surface area contributed by atoms with Gasteiger partial charge in [-0.15, -0.1) is 11.3 Å². The van der Waals surface area contributed by atoms with Gasteiger partial charge in [0.1, 0.15) is 4.88 Å².